The van der Waals surface area contributed by atoms with Gasteiger partial charge >= 0.3 is 0 Å². The molecule has 2 heterocycles. The van der Waals surface area contributed by atoms with Gasteiger partial charge in [-0.3, -0.25) is 4.40 Å². The van der Waals surface area contributed by atoms with Crippen LogP contribution in [0, 0.1) is 11.3 Å². The van der Waals surface area contributed by atoms with Gasteiger partial charge in [0, 0.05) is 24.3 Å². The van der Waals surface area contributed by atoms with E-state index in [2.05, 4.69) is 41.3 Å². The Labute approximate surface area is 131 Å². The van der Waals surface area contributed by atoms with Gasteiger partial charge in [-0.05, 0) is 37.1 Å². The minimum absolute atomic E-state index is 0.428. The lowest BCUT2D eigenvalue weighted by atomic mass is 9.71. The normalized spacial score (nSPS) is 18.6. The second kappa shape index (κ2) is 6.49. The monoisotopic (exact) mass is 305 g/mol. The number of aromatic nitrogens is 2. The first-order valence-corrected chi connectivity index (χ1v) is 9.17. The largest absolute Gasteiger partial charge is 0.316 e. The van der Waals surface area contributed by atoms with Gasteiger partial charge in [-0.15, -0.1) is 11.3 Å². The van der Waals surface area contributed by atoms with Gasteiger partial charge in [0.15, 0.2) is 4.96 Å². The zero-order valence-corrected chi connectivity index (χ0v) is 14.1. The molecule has 0 saturated heterocycles. The molecule has 0 radical (unpaired) electrons. The van der Waals surface area contributed by atoms with E-state index < -0.39 is 0 Å². The average Bonchev–Trinajstić information content (AvgIpc) is 3.00. The summed E-state index contributed by atoms with van der Waals surface area (Å²) >= 11 is 1.73. The molecule has 1 aliphatic carbocycles. The molecule has 0 aliphatic heterocycles. The molecule has 1 aliphatic rings. The van der Waals surface area contributed by atoms with Crippen molar-refractivity contribution in [3.8, 4) is 0 Å². The number of imidazole rings is 1. The lowest BCUT2D eigenvalue weighted by Gasteiger charge is -2.37. The van der Waals surface area contributed by atoms with Crippen molar-refractivity contribution in [3.05, 3.63) is 23.5 Å². The highest BCUT2D eigenvalue weighted by molar-refractivity contribution is 7.15. The fourth-order valence-electron chi connectivity index (χ4n) is 3.59. The molecule has 1 N–H and O–H groups in total. The third-order valence-corrected chi connectivity index (χ3v) is 5.44. The quantitative estimate of drug-likeness (QED) is 0.869. The summed E-state index contributed by atoms with van der Waals surface area (Å²) in [5.74, 6) is 0.726. The van der Waals surface area contributed by atoms with E-state index in [1.54, 1.807) is 11.3 Å². The Morgan fingerprint density at radius 1 is 1.33 bits per heavy atom. The van der Waals surface area contributed by atoms with E-state index in [0.29, 0.717) is 5.41 Å². The van der Waals surface area contributed by atoms with Gasteiger partial charge in [0.05, 0.1) is 5.69 Å². The number of fused-ring (bicyclic) bond motifs is 1. The molecule has 3 rings (SSSR count). The van der Waals surface area contributed by atoms with E-state index in [9.17, 15) is 0 Å². The van der Waals surface area contributed by atoms with Crippen LogP contribution in [-0.2, 0) is 6.42 Å². The van der Waals surface area contributed by atoms with Crippen molar-refractivity contribution in [3.63, 3.8) is 0 Å². The van der Waals surface area contributed by atoms with Crippen LogP contribution in [-0.4, -0.2) is 22.5 Å². The molecule has 1 saturated carbocycles. The third-order valence-electron chi connectivity index (χ3n) is 4.67. The van der Waals surface area contributed by atoms with Gasteiger partial charge in [0.2, 0.25) is 0 Å². The number of rotatable bonds is 6. The van der Waals surface area contributed by atoms with Gasteiger partial charge in [0.1, 0.15) is 0 Å². The van der Waals surface area contributed by atoms with Crippen molar-refractivity contribution in [1.29, 1.82) is 0 Å². The SMILES string of the molecule is CC(C)CNCC1(Cc2cn3ccsc3n2)CCCCC1. The van der Waals surface area contributed by atoms with Gasteiger partial charge in [-0.25, -0.2) is 4.98 Å². The highest BCUT2D eigenvalue weighted by Gasteiger charge is 2.32. The van der Waals surface area contributed by atoms with Crippen LogP contribution in [0.15, 0.2) is 17.8 Å². The standard InChI is InChI=1S/C17H27N3S/c1-14(2)11-18-13-17(6-4-3-5-7-17)10-15-12-20-8-9-21-16(20)19-15/h8-9,12,14,18H,3-7,10-11,13H2,1-2H3. The van der Waals surface area contributed by atoms with Gasteiger partial charge in [0.25, 0.3) is 0 Å². The Morgan fingerprint density at radius 3 is 2.86 bits per heavy atom. The highest BCUT2D eigenvalue weighted by Crippen LogP contribution is 2.38. The molecule has 2 aromatic heterocycles. The van der Waals surface area contributed by atoms with Crippen LogP contribution in [0.25, 0.3) is 4.96 Å². The summed E-state index contributed by atoms with van der Waals surface area (Å²) in [6.07, 6.45) is 12.3. The maximum atomic E-state index is 4.81. The van der Waals surface area contributed by atoms with Gasteiger partial charge in [-0.2, -0.15) is 0 Å². The Kier molecular flexibility index (Phi) is 4.65. The van der Waals surface area contributed by atoms with E-state index in [-0.39, 0.29) is 0 Å². The molecule has 3 nitrogen and oxygen atoms in total. The Morgan fingerprint density at radius 2 is 2.14 bits per heavy atom. The van der Waals surface area contributed by atoms with Crippen LogP contribution in [0.4, 0.5) is 0 Å². The molecule has 1 fully saturated rings. The first-order valence-electron chi connectivity index (χ1n) is 8.29. The predicted octanol–water partition coefficient (Wildman–Crippen LogP) is 4.13. The average molecular weight is 305 g/mol. The van der Waals surface area contributed by atoms with Crippen LogP contribution >= 0.6 is 11.3 Å². The van der Waals surface area contributed by atoms with Crippen molar-refractivity contribution < 1.29 is 0 Å². The van der Waals surface area contributed by atoms with E-state index in [1.807, 2.05) is 0 Å². The molecule has 0 aromatic carbocycles. The van der Waals surface area contributed by atoms with Crippen molar-refractivity contribution >= 4 is 16.3 Å². The van der Waals surface area contributed by atoms with Crippen molar-refractivity contribution in [2.75, 3.05) is 13.1 Å². The van der Waals surface area contributed by atoms with Crippen molar-refractivity contribution in [2.45, 2.75) is 52.4 Å². The first kappa shape index (κ1) is 15.0. The zero-order chi connectivity index (χ0) is 14.7. The lowest BCUT2D eigenvalue weighted by molar-refractivity contribution is 0.177. The molecule has 0 spiro atoms. The summed E-state index contributed by atoms with van der Waals surface area (Å²) in [6, 6.07) is 0. The summed E-state index contributed by atoms with van der Waals surface area (Å²) in [4.78, 5) is 5.94. The van der Waals surface area contributed by atoms with Gasteiger partial charge in [-0.1, -0.05) is 33.1 Å². The van der Waals surface area contributed by atoms with Crippen LogP contribution in [0.5, 0.6) is 0 Å². The Bertz CT molecular complexity index is 535. The summed E-state index contributed by atoms with van der Waals surface area (Å²) in [5.41, 5.74) is 1.70. The molecule has 2 aromatic rings. The lowest BCUT2D eigenvalue weighted by Crippen LogP contribution is -2.39. The van der Waals surface area contributed by atoms with E-state index in [4.69, 9.17) is 4.98 Å². The molecule has 116 valence electrons. The van der Waals surface area contributed by atoms with Crippen molar-refractivity contribution in [2.24, 2.45) is 11.3 Å². The topological polar surface area (TPSA) is 29.3 Å². The fourth-order valence-corrected chi connectivity index (χ4v) is 4.31. The predicted molar refractivity (Wildman–Crippen MR) is 90.0 cm³/mol. The second-order valence-electron chi connectivity index (χ2n) is 7.09. The number of nitrogens with zero attached hydrogens (tertiary/aromatic N) is 2. The zero-order valence-electron chi connectivity index (χ0n) is 13.3. The number of nitrogens with one attached hydrogen (secondary N) is 1. The Balaban J connectivity index is 1.70. The minimum atomic E-state index is 0.428. The van der Waals surface area contributed by atoms with Crippen LogP contribution in [0.2, 0.25) is 0 Å². The molecular formula is C17H27N3S. The smallest absolute Gasteiger partial charge is 0.193 e. The molecule has 0 atom stereocenters. The van der Waals surface area contributed by atoms with E-state index in [1.165, 1.54) is 37.8 Å². The van der Waals surface area contributed by atoms with Crippen LogP contribution in [0.1, 0.15) is 51.6 Å². The molecule has 0 bridgehead atoms. The molecule has 21 heavy (non-hydrogen) atoms. The minimum Gasteiger partial charge on any atom is -0.316 e. The highest BCUT2D eigenvalue weighted by atomic mass is 32.1. The summed E-state index contributed by atoms with van der Waals surface area (Å²) in [6.45, 7) is 6.84. The summed E-state index contributed by atoms with van der Waals surface area (Å²) in [7, 11) is 0. The van der Waals surface area contributed by atoms with Crippen molar-refractivity contribution in [1.82, 2.24) is 14.7 Å². The maximum Gasteiger partial charge on any atom is 0.193 e. The number of thiazole rings is 1. The van der Waals surface area contributed by atoms with E-state index in [0.717, 1.165) is 30.4 Å². The number of hydrogen-bond donors (Lipinski definition) is 1. The summed E-state index contributed by atoms with van der Waals surface area (Å²) in [5, 5.41) is 5.82. The van der Waals surface area contributed by atoms with Crippen LogP contribution in [0.3, 0.4) is 0 Å². The molecular weight excluding hydrogens is 278 g/mol. The molecule has 4 heteroatoms. The van der Waals surface area contributed by atoms with E-state index >= 15 is 0 Å². The first-order chi connectivity index (χ1) is 10.2. The molecule has 0 unspecified atom stereocenters. The second-order valence-corrected chi connectivity index (χ2v) is 7.96. The molecule has 0 amide bonds. The van der Waals surface area contributed by atoms with Crippen LogP contribution < -0.4 is 5.32 Å². The Hall–Kier alpha value is -0.870. The number of hydrogen-bond acceptors (Lipinski definition) is 3. The summed E-state index contributed by atoms with van der Waals surface area (Å²) < 4.78 is 2.16. The third kappa shape index (κ3) is 3.67. The maximum absolute atomic E-state index is 4.81. The fraction of sp³-hybridized carbons (Fsp3) is 0.706. The van der Waals surface area contributed by atoms with Gasteiger partial charge < -0.3 is 5.32 Å².